The molecule has 112 valence electrons. The molecule has 0 aliphatic heterocycles. The fraction of sp³-hybridized carbons (Fsp3) is 0.647. The number of nitrogen functional groups attached to an aromatic ring is 1. The van der Waals surface area contributed by atoms with E-state index in [2.05, 4.69) is 4.98 Å². The molecule has 0 aromatic carbocycles. The lowest BCUT2D eigenvalue weighted by Crippen LogP contribution is -2.56. The van der Waals surface area contributed by atoms with Crippen LogP contribution in [0.2, 0.25) is 0 Å². The Kier molecular flexibility index (Phi) is 2.95. The number of aromatic nitrogens is 1. The minimum atomic E-state index is 0.0486. The van der Waals surface area contributed by atoms with Crippen molar-refractivity contribution >= 4 is 11.6 Å². The lowest BCUT2D eigenvalue weighted by molar-refractivity contribution is -0.0492. The second kappa shape index (κ2) is 4.72. The highest BCUT2D eigenvalue weighted by Crippen LogP contribution is 2.55. The number of pyridine rings is 1. The molecule has 4 bridgehead atoms. The fourth-order valence-electron chi connectivity index (χ4n) is 5.38. The molecule has 4 nitrogen and oxygen atoms in total. The summed E-state index contributed by atoms with van der Waals surface area (Å²) in [7, 11) is 1.97. The fourth-order valence-corrected chi connectivity index (χ4v) is 5.38. The Labute approximate surface area is 125 Å². The molecule has 4 aliphatic carbocycles. The molecule has 0 spiro atoms. The lowest BCUT2D eigenvalue weighted by atomic mass is 9.54. The van der Waals surface area contributed by atoms with Crippen molar-refractivity contribution in [1.29, 1.82) is 0 Å². The Balaban J connectivity index is 1.55. The molecule has 0 unspecified atom stereocenters. The van der Waals surface area contributed by atoms with Crippen LogP contribution in [-0.4, -0.2) is 28.9 Å². The van der Waals surface area contributed by atoms with Gasteiger partial charge >= 0.3 is 0 Å². The van der Waals surface area contributed by atoms with Crippen molar-refractivity contribution in [2.75, 3.05) is 12.8 Å². The van der Waals surface area contributed by atoms with Crippen LogP contribution in [0, 0.1) is 23.7 Å². The van der Waals surface area contributed by atoms with Gasteiger partial charge in [-0.05, 0) is 67.9 Å². The lowest BCUT2D eigenvalue weighted by Gasteiger charge is -2.56. The number of rotatable bonds is 2. The quantitative estimate of drug-likeness (QED) is 0.908. The number of carbonyl (C=O) groups is 1. The van der Waals surface area contributed by atoms with Crippen molar-refractivity contribution in [3.8, 4) is 0 Å². The van der Waals surface area contributed by atoms with Gasteiger partial charge in [0.25, 0.3) is 5.91 Å². The Bertz CT molecular complexity index is 526. The highest BCUT2D eigenvalue weighted by molar-refractivity contribution is 5.92. The third-order valence-electron chi connectivity index (χ3n) is 5.95. The van der Waals surface area contributed by atoms with Gasteiger partial charge in [0.1, 0.15) is 5.69 Å². The van der Waals surface area contributed by atoms with Gasteiger partial charge < -0.3 is 10.6 Å². The van der Waals surface area contributed by atoms with Gasteiger partial charge in [-0.2, -0.15) is 0 Å². The molecule has 2 N–H and O–H groups in total. The molecular weight excluding hydrogens is 262 g/mol. The van der Waals surface area contributed by atoms with Crippen molar-refractivity contribution < 1.29 is 4.79 Å². The molecule has 1 amide bonds. The molecule has 1 heterocycles. The van der Waals surface area contributed by atoms with Crippen LogP contribution in [-0.2, 0) is 0 Å². The van der Waals surface area contributed by atoms with Gasteiger partial charge in [-0.3, -0.25) is 4.79 Å². The standard InChI is InChI=1S/C17H23N3O/c1-20(17(21)15-3-2-14(18)9-19-15)16-12-5-10-4-11(7-12)8-13(16)6-10/h2-3,9-13,16H,4-8,18H2,1H3. The van der Waals surface area contributed by atoms with Crippen LogP contribution in [0.5, 0.6) is 0 Å². The van der Waals surface area contributed by atoms with Crippen LogP contribution in [0.15, 0.2) is 18.3 Å². The van der Waals surface area contributed by atoms with Crippen LogP contribution in [0.4, 0.5) is 5.69 Å². The Hall–Kier alpha value is -1.58. The molecule has 5 rings (SSSR count). The van der Waals surface area contributed by atoms with Crippen molar-refractivity contribution in [3.05, 3.63) is 24.0 Å². The van der Waals surface area contributed by atoms with Gasteiger partial charge in [0, 0.05) is 13.1 Å². The van der Waals surface area contributed by atoms with Gasteiger partial charge in [-0.15, -0.1) is 0 Å². The third kappa shape index (κ3) is 2.12. The zero-order valence-electron chi connectivity index (χ0n) is 12.5. The number of nitrogens with zero attached hydrogens (tertiary/aromatic N) is 2. The summed E-state index contributed by atoms with van der Waals surface area (Å²) in [5.74, 6) is 3.34. The monoisotopic (exact) mass is 285 g/mol. The number of anilines is 1. The topological polar surface area (TPSA) is 59.2 Å². The third-order valence-corrected chi connectivity index (χ3v) is 5.95. The normalized spacial score (nSPS) is 36.7. The van der Waals surface area contributed by atoms with Crippen LogP contribution >= 0.6 is 0 Å². The largest absolute Gasteiger partial charge is 0.397 e. The Morgan fingerprint density at radius 1 is 1.14 bits per heavy atom. The van der Waals surface area contributed by atoms with Gasteiger partial charge in [0.05, 0.1) is 11.9 Å². The highest BCUT2D eigenvalue weighted by atomic mass is 16.2. The minimum Gasteiger partial charge on any atom is -0.397 e. The molecule has 4 saturated carbocycles. The zero-order valence-corrected chi connectivity index (χ0v) is 12.5. The Morgan fingerprint density at radius 2 is 1.76 bits per heavy atom. The van der Waals surface area contributed by atoms with Crippen molar-refractivity contribution in [1.82, 2.24) is 9.88 Å². The molecule has 0 radical (unpaired) electrons. The average Bonchev–Trinajstić information content (AvgIpc) is 2.46. The molecule has 0 atom stereocenters. The van der Waals surface area contributed by atoms with Gasteiger partial charge in [0.15, 0.2) is 0 Å². The maximum atomic E-state index is 12.7. The molecule has 4 fully saturated rings. The smallest absolute Gasteiger partial charge is 0.272 e. The predicted molar refractivity (Wildman–Crippen MR) is 81.6 cm³/mol. The maximum Gasteiger partial charge on any atom is 0.272 e. The summed E-state index contributed by atoms with van der Waals surface area (Å²) in [5.41, 5.74) is 6.77. The first-order valence-electron chi connectivity index (χ1n) is 8.10. The summed E-state index contributed by atoms with van der Waals surface area (Å²) in [4.78, 5) is 18.9. The van der Waals surface area contributed by atoms with E-state index in [0.29, 0.717) is 29.3 Å². The molecular formula is C17H23N3O. The summed E-state index contributed by atoms with van der Waals surface area (Å²) in [5, 5.41) is 0. The van der Waals surface area contributed by atoms with Crippen molar-refractivity contribution in [3.63, 3.8) is 0 Å². The summed E-state index contributed by atoms with van der Waals surface area (Å²) in [6, 6.07) is 3.92. The van der Waals surface area contributed by atoms with Crippen LogP contribution in [0.3, 0.4) is 0 Å². The molecule has 1 aromatic heterocycles. The van der Waals surface area contributed by atoms with E-state index in [4.69, 9.17) is 5.73 Å². The van der Waals surface area contributed by atoms with Crippen molar-refractivity contribution in [2.24, 2.45) is 23.7 Å². The van der Waals surface area contributed by atoms with Gasteiger partial charge in [0.2, 0.25) is 0 Å². The maximum absolute atomic E-state index is 12.7. The summed E-state index contributed by atoms with van der Waals surface area (Å²) >= 11 is 0. The first kappa shape index (κ1) is 13.1. The number of hydrogen-bond donors (Lipinski definition) is 1. The highest BCUT2D eigenvalue weighted by Gasteiger charge is 2.50. The predicted octanol–water partition coefficient (Wildman–Crippen LogP) is 2.56. The number of hydrogen-bond acceptors (Lipinski definition) is 3. The molecule has 4 heteroatoms. The first-order chi connectivity index (χ1) is 10.1. The average molecular weight is 285 g/mol. The minimum absolute atomic E-state index is 0.0486. The summed E-state index contributed by atoms with van der Waals surface area (Å²) < 4.78 is 0. The summed E-state index contributed by atoms with van der Waals surface area (Å²) in [6.45, 7) is 0. The number of amides is 1. The van der Waals surface area contributed by atoms with E-state index >= 15 is 0 Å². The van der Waals surface area contributed by atoms with Gasteiger partial charge in [-0.1, -0.05) is 0 Å². The van der Waals surface area contributed by atoms with Crippen LogP contribution < -0.4 is 5.73 Å². The van der Waals surface area contributed by atoms with E-state index < -0.39 is 0 Å². The van der Waals surface area contributed by atoms with E-state index in [9.17, 15) is 4.79 Å². The molecule has 4 aliphatic rings. The zero-order chi connectivity index (χ0) is 14.6. The van der Waals surface area contributed by atoms with E-state index in [1.54, 1.807) is 18.3 Å². The first-order valence-corrected chi connectivity index (χ1v) is 8.10. The second-order valence-corrected chi connectivity index (χ2v) is 7.31. The number of nitrogens with two attached hydrogens (primary N) is 1. The van der Waals surface area contributed by atoms with Crippen LogP contribution in [0.1, 0.15) is 42.6 Å². The van der Waals surface area contributed by atoms with Gasteiger partial charge in [-0.25, -0.2) is 4.98 Å². The van der Waals surface area contributed by atoms with Crippen LogP contribution in [0.25, 0.3) is 0 Å². The van der Waals surface area contributed by atoms with E-state index in [1.807, 2.05) is 11.9 Å². The van der Waals surface area contributed by atoms with E-state index in [-0.39, 0.29) is 5.91 Å². The number of carbonyl (C=O) groups excluding carboxylic acids is 1. The Morgan fingerprint density at radius 3 is 2.29 bits per heavy atom. The van der Waals surface area contributed by atoms with Crippen molar-refractivity contribution in [2.45, 2.75) is 38.1 Å². The summed E-state index contributed by atoms with van der Waals surface area (Å²) in [6.07, 6.45) is 8.30. The van der Waals surface area contributed by atoms with E-state index in [0.717, 1.165) is 11.8 Å². The molecule has 21 heavy (non-hydrogen) atoms. The second-order valence-electron chi connectivity index (χ2n) is 7.31. The SMILES string of the molecule is CN(C(=O)c1ccc(N)cn1)C1C2CC3CC(C2)CC1C3. The molecule has 1 aromatic rings. The van der Waals surface area contributed by atoms with E-state index in [1.165, 1.54) is 32.1 Å². The molecule has 0 saturated heterocycles.